The fourth-order valence-electron chi connectivity index (χ4n) is 2.31. The van der Waals surface area contributed by atoms with Gasteiger partial charge in [0, 0.05) is 22.7 Å². The molecule has 0 aliphatic carbocycles. The highest BCUT2D eigenvalue weighted by Gasteiger charge is 2.14. The molecule has 126 valence electrons. The number of nitrogens with one attached hydrogen (secondary N) is 2. The number of para-hydroxylation sites is 1. The molecule has 1 heterocycles. The summed E-state index contributed by atoms with van der Waals surface area (Å²) < 4.78 is 17.8. The van der Waals surface area contributed by atoms with Gasteiger partial charge in [0.05, 0.1) is 5.56 Å². The lowest BCUT2D eigenvalue weighted by molar-refractivity contribution is -0.119. The van der Waals surface area contributed by atoms with Gasteiger partial charge in [0.2, 0.25) is 5.56 Å². The SMILES string of the molecule is O=C(COC(=O)c1cc(=O)[nH]c2ccccc12)Nc1ccc(F)cc1. The lowest BCUT2D eigenvalue weighted by Crippen LogP contribution is -2.21. The van der Waals surface area contributed by atoms with E-state index in [0.29, 0.717) is 16.6 Å². The first kappa shape index (κ1) is 16.4. The van der Waals surface area contributed by atoms with Gasteiger partial charge in [-0.15, -0.1) is 0 Å². The third-order valence-corrected chi connectivity index (χ3v) is 3.43. The van der Waals surface area contributed by atoms with Crippen molar-refractivity contribution < 1.29 is 18.7 Å². The van der Waals surface area contributed by atoms with Crippen molar-refractivity contribution in [2.45, 2.75) is 0 Å². The number of ether oxygens (including phenoxy) is 1. The van der Waals surface area contributed by atoms with E-state index in [1.165, 1.54) is 24.3 Å². The van der Waals surface area contributed by atoms with Crippen molar-refractivity contribution in [1.29, 1.82) is 0 Å². The van der Waals surface area contributed by atoms with Gasteiger partial charge in [-0.2, -0.15) is 0 Å². The van der Waals surface area contributed by atoms with Crippen LogP contribution in [0.15, 0.2) is 59.4 Å². The Bertz CT molecular complexity index is 996. The summed E-state index contributed by atoms with van der Waals surface area (Å²) in [6, 6.07) is 13.1. The van der Waals surface area contributed by atoms with Crippen LogP contribution in [0.1, 0.15) is 10.4 Å². The molecule has 2 aromatic carbocycles. The predicted molar refractivity (Wildman–Crippen MR) is 89.9 cm³/mol. The summed E-state index contributed by atoms with van der Waals surface area (Å²) in [7, 11) is 0. The Morgan fingerprint density at radius 3 is 2.56 bits per heavy atom. The van der Waals surface area contributed by atoms with Gasteiger partial charge in [-0.25, -0.2) is 9.18 Å². The number of rotatable bonds is 4. The van der Waals surface area contributed by atoms with E-state index < -0.39 is 29.9 Å². The number of carbonyl (C=O) groups excluding carboxylic acids is 2. The summed E-state index contributed by atoms with van der Waals surface area (Å²) in [6.45, 7) is -0.530. The van der Waals surface area contributed by atoms with Crippen molar-refractivity contribution >= 4 is 28.5 Å². The topological polar surface area (TPSA) is 88.3 Å². The van der Waals surface area contributed by atoms with Gasteiger partial charge in [-0.1, -0.05) is 18.2 Å². The van der Waals surface area contributed by atoms with E-state index in [-0.39, 0.29) is 5.56 Å². The number of hydrogen-bond acceptors (Lipinski definition) is 4. The van der Waals surface area contributed by atoms with Crippen molar-refractivity contribution in [3.05, 3.63) is 76.3 Å². The van der Waals surface area contributed by atoms with Crippen LogP contribution >= 0.6 is 0 Å². The van der Waals surface area contributed by atoms with Gasteiger partial charge in [-0.05, 0) is 30.3 Å². The Hall–Kier alpha value is -3.48. The van der Waals surface area contributed by atoms with E-state index in [1.54, 1.807) is 24.3 Å². The maximum Gasteiger partial charge on any atom is 0.339 e. The number of benzene rings is 2. The molecule has 0 aliphatic rings. The van der Waals surface area contributed by atoms with Gasteiger partial charge in [-0.3, -0.25) is 9.59 Å². The number of carbonyl (C=O) groups is 2. The number of H-pyrrole nitrogens is 1. The molecule has 0 unspecified atom stereocenters. The first-order valence-electron chi connectivity index (χ1n) is 7.37. The molecule has 2 N–H and O–H groups in total. The van der Waals surface area contributed by atoms with Gasteiger partial charge in [0.15, 0.2) is 6.61 Å². The Morgan fingerprint density at radius 1 is 1.08 bits per heavy atom. The minimum atomic E-state index is -0.781. The van der Waals surface area contributed by atoms with Crippen molar-refractivity contribution in [3.63, 3.8) is 0 Å². The molecule has 6 nitrogen and oxygen atoms in total. The molecule has 0 fully saturated rings. The Morgan fingerprint density at radius 2 is 1.80 bits per heavy atom. The molecule has 0 bridgehead atoms. The maximum absolute atomic E-state index is 12.8. The second kappa shape index (κ2) is 6.96. The molecular formula is C18H13FN2O4. The molecular weight excluding hydrogens is 327 g/mol. The maximum atomic E-state index is 12.8. The number of pyridine rings is 1. The highest BCUT2D eigenvalue weighted by molar-refractivity contribution is 6.04. The smallest absolute Gasteiger partial charge is 0.339 e. The van der Waals surface area contributed by atoms with Crippen molar-refractivity contribution in [1.82, 2.24) is 4.98 Å². The number of esters is 1. The third-order valence-electron chi connectivity index (χ3n) is 3.43. The van der Waals surface area contributed by atoms with Gasteiger partial charge < -0.3 is 15.0 Å². The molecule has 7 heteroatoms. The molecule has 3 rings (SSSR count). The first-order valence-corrected chi connectivity index (χ1v) is 7.37. The largest absolute Gasteiger partial charge is 0.452 e. The fourth-order valence-corrected chi connectivity index (χ4v) is 2.31. The van der Waals surface area contributed by atoms with E-state index in [1.807, 2.05) is 0 Å². The highest BCUT2D eigenvalue weighted by Crippen LogP contribution is 2.15. The Labute approximate surface area is 141 Å². The second-order valence-electron chi connectivity index (χ2n) is 5.22. The lowest BCUT2D eigenvalue weighted by atomic mass is 10.1. The summed E-state index contributed by atoms with van der Waals surface area (Å²) in [5, 5.41) is 2.99. The number of halogens is 1. The van der Waals surface area contributed by atoms with Crippen LogP contribution in [0.2, 0.25) is 0 Å². The van der Waals surface area contributed by atoms with Crippen LogP contribution in [0.4, 0.5) is 10.1 Å². The highest BCUT2D eigenvalue weighted by atomic mass is 19.1. The molecule has 0 saturated carbocycles. The number of aromatic amines is 1. The zero-order valence-electron chi connectivity index (χ0n) is 12.9. The summed E-state index contributed by atoms with van der Waals surface area (Å²) in [5.74, 6) is -1.78. The number of fused-ring (bicyclic) bond motifs is 1. The first-order chi connectivity index (χ1) is 12.0. The number of aromatic nitrogens is 1. The van der Waals surface area contributed by atoms with Crippen LogP contribution in [0.5, 0.6) is 0 Å². The summed E-state index contributed by atoms with van der Waals surface area (Å²) >= 11 is 0. The summed E-state index contributed by atoms with van der Waals surface area (Å²) in [6.07, 6.45) is 0. The lowest BCUT2D eigenvalue weighted by Gasteiger charge is -2.08. The van der Waals surface area contributed by atoms with Crippen molar-refractivity contribution in [3.8, 4) is 0 Å². The second-order valence-corrected chi connectivity index (χ2v) is 5.22. The predicted octanol–water partition coefficient (Wildman–Crippen LogP) is 2.46. The van der Waals surface area contributed by atoms with Crippen molar-refractivity contribution in [2.24, 2.45) is 0 Å². The Balaban J connectivity index is 1.69. The molecule has 0 saturated heterocycles. The van der Waals surface area contributed by atoms with Gasteiger partial charge >= 0.3 is 5.97 Å². The molecule has 25 heavy (non-hydrogen) atoms. The molecule has 3 aromatic rings. The summed E-state index contributed by atoms with van der Waals surface area (Å²) in [4.78, 5) is 38.3. The molecule has 1 aromatic heterocycles. The monoisotopic (exact) mass is 340 g/mol. The normalized spacial score (nSPS) is 10.4. The minimum absolute atomic E-state index is 0.0777. The van der Waals surface area contributed by atoms with E-state index >= 15 is 0 Å². The fraction of sp³-hybridized carbons (Fsp3) is 0.0556. The van der Waals surface area contributed by atoms with Crippen LogP contribution in [0.3, 0.4) is 0 Å². The van der Waals surface area contributed by atoms with E-state index in [2.05, 4.69) is 10.3 Å². The molecule has 0 atom stereocenters. The zero-order chi connectivity index (χ0) is 17.8. The standard InChI is InChI=1S/C18H13FN2O4/c19-11-5-7-12(8-6-11)20-17(23)10-25-18(24)14-9-16(22)21-15-4-2-1-3-13(14)15/h1-9H,10H2,(H,20,23)(H,21,22). The van der Waals surface area contributed by atoms with Crippen molar-refractivity contribution in [2.75, 3.05) is 11.9 Å². The van der Waals surface area contributed by atoms with Crippen LogP contribution in [-0.2, 0) is 9.53 Å². The average molecular weight is 340 g/mol. The van der Waals surface area contributed by atoms with E-state index in [0.717, 1.165) is 6.07 Å². The zero-order valence-corrected chi connectivity index (χ0v) is 12.9. The van der Waals surface area contributed by atoms with Crippen LogP contribution in [0, 0.1) is 5.82 Å². The van der Waals surface area contributed by atoms with E-state index in [4.69, 9.17) is 4.74 Å². The average Bonchev–Trinajstić information content (AvgIpc) is 2.61. The van der Waals surface area contributed by atoms with Crippen LogP contribution < -0.4 is 10.9 Å². The van der Waals surface area contributed by atoms with E-state index in [9.17, 15) is 18.8 Å². The quantitative estimate of drug-likeness (QED) is 0.714. The number of anilines is 1. The van der Waals surface area contributed by atoms with Crippen LogP contribution in [-0.4, -0.2) is 23.5 Å². The van der Waals surface area contributed by atoms with Gasteiger partial charge in [0.25, 0.3) is 5.91 Å². The molecule has 0 radical (unpaired) electrons. The molecule has 0 spiro atoms. The molecule has 1 amide bonds. The van der Waals surface area contributed by atoms with Crippen LogP contribution in [0.25, 0.3) is 10.9 Å². The number of hydrogen-bond donors (Lipinski definition) is 2. The Kier molecular flexibility index (Phi) is 4.56. The third kappa shape index (κ3) is 3.89. The minimum Gasteiger partial charge on any atom is -0.452 e. The van der Waals surface area contributed by atoms with Gasteiger partial charge in [0.1, 0.15) is 5.82 Å². The molecule has 0 aliphatic heterocycles. The summed E-state index contributed by atoms with van der Waals surface area (Å²) in [5.41, 5.74) is 0.511. The number of amides is 1.